The van der Waals surface area contributed by atoms with Gasteiger partial charge in [-0.15, -0.1) is 0 Å². The van der Waals surface area contributed by atoms with Crippen molar-refractivity contribution in [2.24, 2.45) is 10.2 Å². The van der Waals surface area contributed by atoms with E-state index in [1.54, 1.807) is 26.0 Å². The number of fused-ring (bicyclic) bond motifs is 2. The maximum absolute atomic E-state index is 12.2. The zero-order chi connectivity index (χ0) is 27.8. The molecule has 4 rings (SSSR count). The average molecular weight is 543 g/mol. The van der Waals surface area contributed by atoms with Gasteiger partial charge in [-0.2, -0.15) is 22.0 Å². The van der Waals surface area contributed by atoms with Crippen molar-refractivity contribution in [3.8, 4) is 11.5 Å². The van der Waals surface area contributed by atoms with E-state index in [1.807, 2.05) is 60.7 Å². The summed E-state index contributed by atoms with van der Waals surface area (Å²) in [5.41, 5.74) is 7.18. The molecule has 200 valence electrons. The molecule has 4 N–H and O–H groups in total. The van der Waals surface area contributed by atoms with Gasteiger partial charge in [0.1, 0.15) is 11.5 Å². The maximum Gasteiger partial charge on any atom is 0.240 e. The number of carbonyl (C=O) groups is 2. The number of hydrogen-bond donors (Lipinski definition) is 4. The van der Waals surface area contributed by atoms with Gasteiger partial charge in [0.2, 0.25) is 11.8 Å². The van der Waals surface area contributed by atoms with E-state index in [2.05, 4.69) is 21.1 Å². The number of aromatic hydroxyl groups is 2. The Labute approximate surface area is 230 Å². The summed E-state index contributed by atoms with van der Waals surface area (Å²) in [6.07, 6.45) is 0.483. The van der Waals surface area contributed by atoms with Gasteiger partial charge in [0.15, 0.2) is 0 Å². The van der Waals surface area contributed by atoms with Crippen LogP contribution in [-0.2, 0) is 9.59 Å². The number of amides is 2. The summed E-state index contributed by atoms with van der Waals surface area (Å²) < 4.78 is 0. The Morgan fingerprint density at radius 3 is 1.51 bits per heavy atom. The molecule has 0 aliphatic carbocycles. The number of phenolic OH excluding ortho intramolecular Hbond substituents is 2. The molecule has 0 heterocycles. The highest BCUT2D eigenvalue weighted by Gasteiger charge is 2.11. The number of nitrogens with zero attached hydrogens (tertiary/aromatic N) is 2. The van der Waals surface area contributed by atoms with Gasteiger partial charge in [-0.1, -0.05) is 60.7 Å². The second-order valence-electron chi connectivity index (χ2n) is 8.94. The molecule has 8 nitrogen and oxygen atoms in total. The Kier molecular flexibility index (Phi) is 9.17. The van der Waals surface area contributed by atoms with Crippen LogP contribution in [0.3, 0.4) is 0 Å². The van der Waals surface area contributed by atoms with Gasteiger partial charge in [0.25, 0.3) is 0 Å². The molecule has 0 atom stereocenters. The van der Waals surface area contributed by atoms with Crippen molar-refractivity contribution in [3.05, 3.63) is 83.9 Å². The molecule has 0 spiro atoms. The average Bonchev–Trinajstić information content (AvgIpc) is 2.95. The summed E-state index contributed by atoms with van der Waals surface area (Å²) in [7, 11) is 0. The maximum atomic E-state index is 12.2. The quantitative estimate of drug-likeness (QED) is 0.123. The van der Waals surface area contributed by atoms with Crippen molar-refractivity contribution < 1.29 is 19.8 Å². The molecular weight excluding hydrogens is 512 g/mol. The number of carbonyl (C=O) groups excluding carboxylic acids is 2. The summed E-state index contributed by atoms with van der Waals surface area (Å²) >= 11 is 1.48. The van der Waals surface area contributed by atoms with Gasteiger partial charge in [-0.3, -0.25) is 9.59 Å². The van der Waals surface area contributed by atoms with E-state index in [0.29, 0.717) is 34.1 Å². The predicted octanol–water partition coefficient (Wildman–Crippen LogP) is 5.30. The molecule has 9 heteroatoms. The molecule has 39 heavy (non-hydrogen) atoms. The number of benzene rings is 4. The molecule has 0 bridgehead atoms. The molecule has 0 unspecified atom stereocenters. The molecular formula is C30H30N4O4S. The van der Waals surface area contributed by atoms with Crippen LogP contribution in [0.25, 0.3) is 21.5 Å². The first-order valence-corrected chi connectivity index (χ1v) is 13.7. The van der Waals surface area contributed by atoms with Crippen LogP contribution in [0.1, 0.15) is 37.8 Å². The first kappa shape index (κ1) is 27.7. The van der Waals surface area contributed by atoms with Gasteiger partial charge in [0.05, 0.1) is 11.4 Å². The lowest BCUT2D eigenvalue weighted by molar-refractivity contribution is -0.121. The molecule has 0 aromatic heterocycles. The summed E-state index contributed by atoms with van der Waals surface area (Å²) in [5, 5.41) is 32.7. The summed E-state index contributed by atoms with van der Waals surface area (Å²) in [4.78, 5) is 24.4. The molecule has 0 aliphatic heterocycles. The molecule has 0 saturated heterocycles. The Morgan fingerprint density at radius 2 is 1.08 bits per heavy atom. The Morgan fingerprint density at radius 1 is 0.667 bits per heavy atom. The smallest absolute Gasteiger partial charge is 0.240 e. The molecule has 4 aromatic rings. The van der Waals surface area contributed by atoms with Gasteiger partial charge < -0.3 is 10.2 Å². The van der Waals surface area contributed by atoms with Crippen LogP contribution < -0.4 is 10.9 Å². The summed E-state index contributed by atoms with van der Waals surface area (Å²) in [6.45, 7) is 3.45. The van der Waals surface area contributed by atoms with E-state index in [9.17, 15) is 19.8 Å². The molecule has 0 saturated carbocycles. The van der Waals surface area contributed by atoms with Gasteiger partial charge >= 0.3 is 0 Å². The van der Waals surface area contributed by atoms with Crippen molar-refractivity contribution in [2.45, 2.75) is 26.7 Å². The van der Waals surface area contributed by atoms with E-state index in [-0.39, 0.29) is 36.2 Å². The molecule has 4 aromatic carbocycles. The van der Waals surface area contributed by atoms with Crippen molar-refractivity contribution in [3.63, 3.8) is 0 Å². The number of phenols is 2. The highest BCUT2D eigenvalue weighted by molar-refractivity contribution is 7.99. The second-order valence-corrected chi connectivity index (χ2v) is 10.2. The van der Waals surface area contributed by atoms with Crippen molar-refractivity contribution >= 4 is 56.5 Å². The highest BCUT2D eigenvalue weighted by atomic mass is 32.2. The van der Waals surface area contributed by atoms with E-state index in [4.69, 9.17) is 0 Å². The van der Waals surface area contributed by atoms with Crippen LogP contribution in [0, 0.1) is 0 Å². The Bertz CT molecular complexity index is 1470. The normalized spacial score (nSPS) is 12.1. The fourth-order valence-electron chi connectivity index (χ4n) is 4.05. The lowest BCUT2D eigenvalue weighted by Gasteiger charge is -2.08. The largest absolute Gasteiger partial charge is 0.507 e. The van der Waals surface area contributed by atoms with E-state index < -0.39 is 0 Å². The van der Waals surface area contributed by atoms with Crippen molar-refractivity contribution in [1.29, 1.82) is 0 Å². The molecule has 0 radical (unpaired) electrons. The monoisotopic (exact) mass is 542 g/mol. The Balaban J connectivity index is 1.18. The van der Waals surface area contributed by atoms with E-state index >= 15 is 0 Å². The molecule has 0 fully saturated rings. The van der Waals surface area contributed by atoms with E-state index in [0.717, 1.165) is 21.5 Å². The zero-order valence-corrected chi connectivity index (χ0v) is 22.6. The standard InChI is InChI=1S/C30H30N4O4S/c1-19(23-13-11-21-7-3-5-9-25(21)29(23)37)31-33-27(35)15-17-39-18-16-28(36)34-32-20(2)24-14-12-22-8-4-6-10-26(22)30(24)38/h3-14,37-38H,15-18H2,1-2H3,(H,33,35)(H,34,36)/b31-19+,32-20+. The third kappa shape index (κ3) is 6.94. The predicted molar refractivity (Wildman–Crippen MR) is 158 cm³/mol. The summed E-state index contributed by atoms with van der Waals surface area (Å²) in [6, 6.07) is 22.4. The first-order chi connectivity index (χ1) is 18.8. The number of thioether (sulfide) groups is 1. The van der Waals surface area contributed by atoms with Gasteiger partial charge in [-0.25, -0.2) is 10.9 Å². The minimum atomic E-state index is -0.248. The second kappa shape index (κ2) is 12.9. The Hall–Kier alpha value is -4.37. The molecule has 0 aliphatic rings. The molecule has 2 amide bonds. The fraction of sp³-hybridized carbons (Fsp3) is 0.200. The SMILES string of the molecule is C/C(=N\NC(=O)CCSCCC(=O)N/N=C(\C)c1ccc2ccccc2c1O)c1ccc2ccccc2c1O. The summed E-state index contributed by atoms with van der Waals surface area (Å²) in [5.74, 6) is 0.825. The van der Waals surface area contributed by atoms with E-state index in [1.165, 1.54) is 11.8 Å². The number of hydrazone groups is 2. The van der Waals surface area contributed by atoms with Crippen molar-refractivity contribution in [1.82, 2.24) is 10.9 Å². The minimum absolute atomic E-state index is 0.131. The lowest BCUT2D eigenvalue weighted by atomic mass is 10.0. The van der Waals surface area contributed by atoms with Gasteiger partial charge in [0, 0.05) is 46.2 Å². The van der Waals surface area contributed by atoms with Crippen LogP contribution in [0.5, 0.6) is 11.5 Å². The van der Waals surface area contributed by atoms with Crippen LogP contribution in [0.4, 0.5) is 0 Å². The minimum Gasteiger partial charge on any atom is -0.507 e. The fourth-order valence-corrected chi connectivity index (χ4v) is 4.91. The van der Waals surface area contributed by atoms with Crippen LogP contribution in [0.2, 0.25) is 0 Å². The van der Waals surface area contributed by atoms with Crippen LogP contribution in [0.15, 0.2) is 83.0 Å². The van der Waals surface area contributed by atoms with Crippen molar-refractivity contribution in [2.75, 3.05) is 11.5 Å². The topological polar surface area (TPSA) is 123 Å². The number of rotatable bonds is 10. The lowest BCUT2D eigenvalue weighted by Crippen LogP contribution is -2.21. The number of nitrogens with one attached hydrogen (secondary N) is 2. The zero-order valence-electron chi connectivity index (χ0n) is 21.8. The number of hydrogen-bond acceptors (Lipinski definition) is 7. The van der Waals surface area contributed by atoms with Crippen LogP contribution in [-0.4, -0.2) is 45.0 Å². The van der Waals surface area contributed by atoms with Gasteiger partial charge in [-0.05, 0) is 36.8 Å². The third-order valence-corrected chi connectivity index (χ3v) is 7.21. The first-order valence-electron chi connectivity index (χ1n) is 12.5. The third-order valence-electron chi connectivity index (χ3n) is 6.22. The highest BCUT2D eigenvalue weighted by Crippen LogP contribution is 2.30. The van der Waals surface area contributed by atoms with Crippen LogP contribution >= 0.6 is 11.8 Å².